The number of halogens is 1. The first-order chi connectivity index (χ1) is 13.2. The number of imidazole rings is 1. The third-order valence-corrected chi connectivity index (χ3v) is 5.09. The molecular weight excluding hydrogens is 364 g/mol. The number of aromatic nitrogens is 3. The molecule has 0 saturated carbocycles. The van der Waals surface area contributed by atoms with Crippen molar-refractivity contribution in [1.82, 2.24) is 20.0 Å². The lowest BCUT2D eigenvalue weighted by Gasteiger charge is -2.30. The van der Waals surface area contributed by atoms with Gasteiger partial charge in [0.15, 0.2) is 0 Å². The number of hydrogen-bond acceptors (Lipinski definition) is 6. The molecule has 4 rings (SSSR count). The zero-order chi connectivity index (χ0) is 18.8. The summed E-state index contributed by atoms with van der Waals surface area (Å²) < 4.78 is 8.04. The molecule has 0 spiro atoms. The van der Waals surface area contributed by atoms with E-state index in [1.165, 1.54) is 6.21 Å². The van der Waals surface area contributed by atoms with Crippen LogP contribution < -0.4 is 5.43 Å². The van der Waals surface area contributed by atoms with Crippen molar-refractivity contribution in [3.8, 4) is 0 Å². The predicted octanol–water partition coefficient (Wildman–Crippen LogP) is 3.70. The van der Waals surface area contributed by atoms with Gasteiger partial charge >= 0.3 is 0 Å². The van der Waals surface area contributed by atoms with E-state index in [9.17, 15) is 0 Å². The van der Waals surface area contributed by atoms with E-state index in [2.05, 4.69) is 27.0 Å². The van der Waals surface area contributed by atoms with E-state index in [0.29, 0.717) is 11.6 Å². The summed E-state index contributed by atoms with van der Waals surface area (Å²) in [6.45, 7) is 3.30. The summed E-state index contributed by atoms with van der Waals surface area (Å²) in [6.07, 6.45) is 6.41. The van der Waals surface area contributed by atoms with Crippen molar-refractivity contribution in [3.05, 3.63) is 35.2 Å². The van der Waals surface area contributed by atoms with Crippen molar-refractivity contribution in [2.24, 2.45) is 5.10 Å². The molecule has 2 N–H and O–H groups in total. The van der Waals surface area contributed by atoms with E-state index in [0.717, 1.165) is 53.4 Å². The summed E-state index contributed by atoms with van der Waals surface area (Å²) in [5.74, 6) is 0.889. The van der Waals surface area contributed by atoms with Gasteiger partial charge in [0.05, 0.1) is 36.1 Å². The average molecular weight is 385 g/mol. The largest absolute Gasteiger partial charge is 0.378 e. The van der Waals surface area contributed by atoms with Gasteiger partial charge in [-0.3, -0.25) is 4.98 Å². The standard InChI is InChI=1S/C19H21ClN6O/c1-12-8-14(4-7-27-12)26-18(11-24-23-6-5-21)25-17-10-22-16-3-2-13(20)9-15(16)19(17)26/h2-3,5-6,9-10,12,14,21,24H,4,7-8,11H2,1H3/b21-5?,23-6-/t12-,14?/m1/s1. The summed E-state index contributed by atoms with van der Waals surface area (Å²) in [6, 6.07) is 6.03. The van der Waals surface area contributed by atoms with Crippen molar-refractivity contribution in [3.63, 3.8) is 0 Å². The van der Waals surface area contributed by atoms with Gasteiger partial charge in [0.25, 0.3) is 0 Å². The molecule has 0 radical (unpaired) electrons. The highest BCUT2D eigenvalue weighted by Crippen LogP contribution is 2.34. The number of nitrogens with zero attached hydrogens (tertiary/aromatic N) is 4. The first kappa shape index (κ1) is 17.9. The second-order valence-corrected chi connectivity index (χ2v) is 7.13. The summed E-state index contributed by atoms with van der Waals surface area (Å²) in [4.78, 5) is 9.35. The molecule has 0 amide bonds. The first-order valence-corrected chi connectivity index (χ1v) is 9.37. The number of rotatable bonds is 5. The van der Waals surface area contributed by atoms with Crippen molar-refractivity contribution >= 4 is 46.0 Å². The quantitative estimate of drug-likeness (QED) is 0.518. The van der Waals surface area contributed by atoms with Crippen LogP contribution in [0.25, 0.3) is 21.9 Å². The van der Waals surface area contributed by atoms with Gasteiger partial charge in [0.1, 0.15) is 11.3 Å². The van der Waals surface area contributed by atoms with Gasteiger partial charge in [-0.25, -0.2) is 4.98 Å². The van der Waals surface area contributed by atoms with E-state index in [-0.39, 0.29) is 12.1 Å². The second kappa shape index (κ2) is 7.62. The lowest BCUT2D eigenvalue weighted by atomic mass is 10.0. The van der Waals surface area contributed by atoms with Gasteiger partial charge in [-0.05, 0) is 38.0 Å². The Hall–Kier alpha value is -2.51. The Morgan fingerprint density at radius 3 is 3.15 bits per heavy atom. The van der Waals surface area contributed by atoms with Gasteiger partial charge < -0.3 is 20.1 Å². The fourth-order valence-corrected chi connectivity index (χ4v) is 3.90. The molecule has 1 aliphatic heterocycles. The number of hydrogen-bond donors (Lipinski definition) is 2. The summed E-state index contributed by atoms with van der Waals surface area (Å²) in [5.41, 5.74) is 5.76. The molecule has 1 aromatic carbocycles. The number of benzene rings is 1. The number of nitrogens with one attached hydrogen (secondary N) is 2. The maximum atomic E-state index is 7.04. The smallest absolute Gasteiger partial charge is 0.131 e. The third kappa shape index (κ3) is 3.52. The summed E-state index contributed by atoms with van der Waals surface area (Å²) >= 11 is 6.28. The van der Waals surface area contributed by atoms with Crippen molar-refractivity contribution in [2.45, 2.75) is 38.5 Å². The van der Waals surface area contributed by atoms with Crippen LogP contribution in [0, 0.1) is 5.41 Å². The van der Waals surface area contributed by atoms with E-state index in [4.69, 9.17) is 26.7 Å². The lowest BCUT2D eigenvalue weighted by molar-refractivity contribution is 0.00621. The zero-order valence-corrected chi connectivity index (χ0v) is 15.8. The first-order valence-electron chi connectivity index (χ1n) is 8.99. The van der Waals surface area contributed by atoms with Crippen LogP contribution >= 0.6 is 11.6 Å². The topological polar surface area (TPSA) is 88.2 Å². The van der Waals surface area contributed by atoms with Crippen LogP contribution in [0.3, 0.4) is 0 Å². The molecule has 3 heterocycles. The average Bonchev–Trinajstić information content (AvgIpc) is 3.04. The molecule has 27 heavy (non-hydrogen) atoms. The third-order valence-electron chi connectivity index (χ3n) is 4.85. The molecule has 7 nitrogen and oxygen atoms in total. The van der Waals surface area contributed by atoms with Gasteiger partial charge in [-0.2, -0.15) is 5.10 Å². The minimum Gasteiger partial charge on any atom is -0.378 e. The van der Waals surface area contributed by atoms with Crippen LogP contribution in [0.2, 0.25) is 5.02 Å². The molecule has 1 aliphatic rings. The highest BCUT2D eigenvalue weighted by molar-refractivity contribution is 6.31. The van der Waals surface area contributed by atoms with Crippen molar-refractivity contribution in [2.75, 3.05) is 6.61 Å². The van der Waals surface area contributed by atoms with Gasteiger partial charge in [0.2, 0.25) is 0 Å². The lowest BCUT2D eigenvalue weighted by Crippen LogP contribution is -2.27. The Morgan fingerprint density at radius 1 is 1.44 bits per heavy atom. The molecule has 0 bridgehead atoms. The van der Waals surface area contributed by atoms with Crippen molar-refractivity contribution in [1.29, 1.82) is 5.41 Å². The summed E-state index contributed by atoms with van der Waals surface area (Å²) in [7, 11) is 0. The normalized spacial score (nSPS) is 20.5. The van der Waals surface area contributed by atoms with Crippen LogP contribution in [0.1, 0.15) is 31.6 Å². The molecule has 1 saturated heterocycles. The van der Waals surface area contributed by atoms with Gasteiger partial charge in [-0.1, -0.05) is 11.6 Å². The molecule has 1 fully saturated rings. The Bertz CT molecular complexity index is 1010. The van der Waals surface area contributed by atoms with E-state index in [1.807, 2.05) is 24.4 Å². The monoisotopic (exact) mass is 384 g/mol. The zero-order valence-electron chi connectivity index (χ0n) is 15.0. The number of ether oxygens (including phenoxy) is 1. The molecule has 2 aromatic heterocycles. The fraction of sp³-hybridized carbons (Fsp3) is 0.368. The SMILES string of the molecule is C[C@@H]1CC(n2c(CN/N=C\C=N)nc3cnc4ccc(Cl)cc4c32)CCO1. The van der Waals surface area contributed by atoms with Gasteiger partial charge in [-0.15, -0.1) is 0 Å². The molecular formula is C19H21ClN6O. The summed E-state index contributed by atoms with van der Waals surface area (Å²) in [5, 5.41) is 12.7. The minimum absolute atomic E-state index is 0.203. The highest BCUT2D eigenvalue weighted by Gasteiger charge is 2.26. The van der Waals surface area contributed by atoms with Gasteiger partial charge in [0, 0.05) is 29.3 Å². The number of hydrazone groups is 1. The molecule has 140 valence electrons. The van der Waals surface area contributed by atoms with E-state index < -0.39 is 0 Å². The Labute approximate surface area is 161 Å². The number of pyridine rings is 1. The Morgan fingerprint density at radius 2 is 2.33 bits per heavy atom. The predicted molar refractivity (Wildman–Crippen MR) is 108 cm³/mol. The Balaban J connectivity index is 1.88. The van der Waals surface area contributed by atoms with Crippen molar-refractivity contribution < 1.29 is 4.74 Å². The molecule has 1 unspecified atom stereocenters. The maximum absolute atomic E-state index is 7.04. The fourth-order valence-electron chi connectivity index (χ4n) is 3.73. The van der Waals surface area contributed by atoms with Crippen LogP contribution in [0.15, 0.2) is 29.5 Å². The van der Waals surface area contributed by atoms with Crippen LogP contribution in [0.4, 0.5) is 0 Å². The minimum atomic E-state index is 0.203. The molecule has 2 atom stereocenters. The maximum Gasteiger partial charge on any atom is 0.131 e. The van der Waals surface area contributed by atoms with Crippen LogP contribution in [0.5, 0.6) is 0 Å². The Kier molecular flexibility index (Phi) is 5.05. The molecule has 8 heteroatoms. The van der Waals surface area contributed by atoms with Crippen LogP contribution in [-0.4, -0.2) is 39.7 Å². The number of fused-ring (bicyclic) bond motifs is 3. The molecule has 3 aromatic rings. The second-order valence-electron chi connectivity index (χ2n) is 6.69. The highest BCUT2D eigenvalue weighted by atomic mass is 35.5. The van der Waals surface area contributed by atoms with Crippen LogP contribution in [-0.2, 0) is 11.3 Å². The molecule has 0 aliphatic carbocycles. The van der Waals surface area contributed by atoms with E-state index >= 15 is 0 Å². The van der Waals surface area contributed by atoms with E-state index in [1.54, 1.807) is 0 Å².